The van der Waals surface area contributed by atoms with Crippen molar-refractivity contribution < 1.29 is 42.8 Å². The van der Waals surface area contributed by atoms with Crippen molar-refractivity contribution in [3.8, 4) is 11.5 Å². The molecule has 2 aromatic carbocycles. The molecular formula is C35H48ClIN2O3. The van der Waals surface area contributed by atoms with Gasteiger partial charge in [-0.25, -0.2) is 4.57 Å². The van der Waals surface area contributed by atoms with Gasteiger partial charge in [-0.3, -0.25) is 4.79 Å². The molecule has 0 unspecified atom stereocenters. The lowest BCUT2D eigenvalue weighted by molar-refractivity contribution is -0.693. The van der Waals surface area contributed by atoms with Crippen molar-refractivity contribution in [3.05, 3.63) is 88.7 Å². The third-order valence-corrected chi connectivity index (χ3v) is 7.78. The Labute approximate surface area is 275 Å². The molecule has 0 atom stereocenters. The van der Waals surface area contributed by atoms with Crippen molar-refractivity contribution in [2.75, 3.05) is 13.7 Å². The van der Waals surface area contributed by atoms with Gasteiger partial charge in [-0.15, -0.1) is 0 Å². The van der Waals surface area contributed by atoms with E-state index < -0.39 is 0 Å². The van der Waals surface area contributed by atoms with Gasteiger partial charge in [-0.1, -0.05) is 94.5 Å². The van der Waals surface area contributed by atoms with Gasteiger partial charge >= 0.3 is 0 Å². The van der Waals surface area contributed by atoms with E-state index in [9.17, 15) is 4.79 Å². The Bertz CT molecular complexity index is 1190. The molecule has 0 fully saturated rings. The highest BCUT2D eigenvalue weighted by Gasteiger charge is 2.20. The zero-order valence-electron chi connectivity index (χ0n) is 25.6. The molecule has 0 saturated carbocycles. The van der Waals surface area contributed by atoms with Crippen molar-refractivity contribution in [2.45, 2.75) is 97.7 Å². The average molecular weight is 707 g/mol. The van der Waals surface area contributed by atoms with E-state index in [1.165, 1.54) is 57.8 Å². The molecule has 7 heteroatoms. The Kier molecular flexibility index (Phi) is 17.6. The van der Waals surface area contributed by atoms with Crippen molar-refractivity contribution in [3.63, 3.8) is 0 Å². The largest absolute Gasteiger partial charge is 1.00 e. The van der Waals surface area contributed by atoms with E-state index >= 15 is 0 Å². The summed E-state index contributed by atoms with van der Waals surface area (Å²) in [6.07, 6.45) is 17.0. The Balaban J connectivity index is 0.00000616. The predicted molar refractivity (Wildman–Crippen MR) is 168 cm³/mol. The van der Waals surface area contributed by atoms with E-state index in [0.29, 0.717) is 36.0 Å². The number of benzene rings is 2. The van der Waals surface area contributed by atoms with Crippen molar-refractivity contribution in [2.24, 2.45) is 0 Å². The summed E-state index contributed by atoms with van der Waals surface area (Å²) in [5.41, 5.74) is 2.52. The number of nitrogens with zero attached hydrogens (tertiary/aromatic N) is 2. The topological polar surface area (TPSA) is 42.7 Å². The summed E-state index contributed by atoms with van der Waals surface area (Å²) in [4.78, 5) is 15.5. The van der Waals surface area contributed by atoms with Crippen LogP contribution in [0.1, 0.15) is 99.5 Å². The Morgan fingerprint density at radius 2 is 1.40 bits per heavy atom. The zero-order valence-corrected chi connectivity index (χ0v) is 28.5. The fourth-order valence-corrected chi connectivity index (χ4v) is 5.17. The van der Waals surface area contributed by atoms with Crippen LogP contribution in [0.15, 0.2) is 67.0 Å². The van der Waals surface area contributed by atoms with Crippen LogP contribution in [0, 0.1) is 0 Å². The molecule has 3 rings (SSSR count). The highest BCUT2D eigenvalue weighted by molar-refractivity contribution is 6.33. The molecule has 1 aromatic heterocycles. The van der Waals surface area contributed by atoms with Gasteiger partial charge in [0.2, 0.25) is 0 Å². The van der Waals surface area contributed by atoms with Gasteiger partial charge in [0.1, 0.15) is 6.54 Å². The maximum atomic E-state index is 13.6. The number of carbonyl (C=O) groups is 1. The second-order valence-electron chi connectivity index (χ2n) is 10.7. The van der Waals surface area contributed by atoms with Crippen LogP contribution in [0.2, 0.25) is 5.02 Å². The third kappa shape index (κ3) is 12.1. The molecular weight excluding hydrogens is 659 g/mol. The van der Waals surface area contributed by atoms with Gasteiger partial charge in [0.05, 0.1) is 24.3 Å². The molecule has 0 aliphatic carbocycles. The predicted octanol–water partition coefficient (Wildman–Crippen LogP) is 5.80. The van der Waals surface area contributed by atoms with E-state index in [1.54, 1.807) is 19.2 Å². The summed E-state index contributed by atoms with van der Waals surface area (Å²) in [7, 11) is 1.66. The lowest BCUT2D eigenvalue weighted by Gasteiger charge is -2.24. The molecule has 0 bridgehead atoms. The van der Waals surface area contributed by atoms with Gasteiger partial charge in [0, 0.05) is 25.2 Å². The molecule has 0 aliphatic rings. The van der Waals surface area contributed by atoms with Gasteiger partial charge < -0.3 is 38.4 Å². The number of aromatic nitrogens is 1. The van der Waals surface area contributed by atoms with Crippen LogP contribution >= 0.6 is 11.6 Å². The van der Waals surface area contributed by atoms with Crippen molar-refractivity contribution in [1.82, 2.24) is 4.90 Å². The maximum Gasteiger partial charge on any atom is 0.255 e. The lowest BCUT2D eigenvalue weighted by atomic mass is 10.1. The number of carbonyl (C=O) groups excluding carboxylic acids is 1. The normalized spacial score (nSPS) is 10.7. The average Bonchev–Trinajstić information content (AvgIpc) is 3.00. The SMILES string of the molecule is CCCCCCCCCCCCOc1ccc(CN(Cc2cc[n+](CC)cc2)C(=O)c2ccccc2Cl)cc1OC.[I-]. The number of hydrogen-bond donors (Lipinski definition) is 0. The number of amides is 1. The van der Waals surface area contributed by atoms with E-state index in [4.69, 9.17) is 21.1 Å². The fourth-order valence-electron chi connectivity index (χ4n) is 4.95. The van der Waals surface area contributed by atoms with Crippen molar-refractivity contribution >= 4 is 17.5 Å². The highest BCUT2D eigenvalue weighted by atomic mass is 127. The molecule has 230 valence electrons. The maximum absolute atomic E-state index is 13.6. The second kappa shape index (κ2) is 20.6. The third-order valence-electron chi connectivity index (χ3n) is 7.45. The zero-order chi connectivity index (χ0) is 29.3. The van der Waals surface area contributed by atoms with Crippen LogP contribution in [0.3, 0.4) is 0 Å². The number of hydrogen-bond acceptors (Lipinski definition) is 3. The van der Waals surface area contributed by atoms with Crippen LogP contribution in [-0.2, 0) is 19.6 Å². The number of halogens is 2. The van der Waals surface area contributed by atoms with Crippen LogP contribution in [0.5, 0.6) is 11.5 Å². The molecule has 5 nitrogen and oxygen atoms in total. The minimum absolute atomic E-state index is 0. The number of pyridine rings is 1. The first-order valence-corrected chi connectivity index (χ1v) is 15.7. The van der Waals surface area contributed by atoms with Crippen LogP contribution in [0.4, 0.5) is 0 Å². The number of rotatable bonds is 19. The molecule has 1 amide bonds. The fraction of sp³-hybridized carbons (Fsp3) is 0.486. The molecule has 1 heterocycles. The monoisotopic (exact) mass is 706 g/mol. The van der Waals surface area contributed by atoms with E-state index in [-0.39, 0.29) is 29.9 Å². The molecule has 0 aliphatic heterocycles. The van der Waals surface area contributed by atoms with Crippen molar-refractivity contribution in [1.29, 1.82) is 0 Å². The van der Waals surface area contributed by atoms with Gasteiger partial charge in [-0.2, -0.15) is 0 Å². The van der Waals surface area contributed by atoms with Crippen LogP contribution in [-0.4, -0.2) is 24.5 Å². The second-order valence-corrected chi connectivity index (χ2v) is 11.1. The Hall–Kier alpha value is -2.32. The number of ether oxygens (including phenoxy) is 2. The molecule has 0 N–H and O–H groups in total. The molecule has 42 heavy (non-hydrogen) atoms. The number of aryl methyl sites for hydroxylation is 1. The van der Waals surface area contributed by atoms with Crippen LogP contribution < -0.4 is 38.0 Å². The van der Waals surface area contributed by atoms with E-state index in [2.05, 4.69) is 30.5 Å². The number of methoxy groups -OCH3 is 1. The Morgan fingerprint density at radius 1 is 0.786 bits per heavy atom. The van der Waals surface area contributed by atoms with Gasteiger partial charge in [0.25, 0.3) is 5.91 Å². The highest BCUT2D eigenvalue weighted by Crippen LogP contribution is 2.30. The summed E-state index contributed by atoms with van der Waals surface area (Å²) in [5, 5.41) is 0.452. The minimum atomic E-state index is -0.108. The number of unbranched alkanes of at least 4 members (excludes halogenated alkanes) is 9. The summed E-state index contributed by atoms with van der Waals surface area (Å²) in [5.74, 6) is 1.31. The summed E-state index contributed by atoms with van der Waals surface area (Å²) < 4.78 is 13.9. The van der Waals surface area contributed by atoms with Gasteiger partial charge in [0.15, 0.2) is 23.9 Å². The Morgan fingerprint density at radius 3 is 2.02 bits per heavy atom. The quantitative estimate of drug-likeness (QED) is 0.0900. The first kappa shape index (κ1) is 35.9. The molecule has 0 radical (unpaired) electrons. The smallest absolute Gasteiger partial charge is 0.255 e. The van der Waals surface area contributed by atoms with Crippen LogP contribution in [0.25, 0.3) is 0 Å². The summed E-state index contributed by atoms with van der Waals surface area (Å²) in [6, 6.07) is 17.3. The molecule has 0 saturated heterocycles. The first-order chi connectivity index (χ1) is 20.0. The summed E-state index contributed by atoms with van der Waals surface area (Å²) in [6.45, 7) is 6.82. The van der Waals surface area contributed by atoms with E-state index in [1.807, 2.05) is 47.6 Å². The minimum Gasteiger partial charge on any atom is -1.00 e. The standard InChI is InChI=1S/C35H48ClN2O3.HI/c1-4-6-7-8-9-10-11-12-13-16-25-41-33-20-19-30(26-34(33)40-3)28-38(27-29-21-23-37(5-2)24-22-29)35(39)31-17-14-15-18-32(31)36;/h14-15,17-24,26H,4-13,16,25,27-28H2,1-3H3;1H/q+1;/p-1. The molecule has 3 aromatic rings. The van der Waals surface area contributed by atoms with Gasteiger partial charge in [-0.05, 0) is 48.7 Å². The lowest BCUT2D eigenvalue weighted by Crippen LogP contribution is -3.00. The van der Waals surface area contributed by atoms with E-state index in [0.717, 1.165) is 29.8 Å². The first-order valence-electron chi connectivity index (χ1n) is 15.4. The molecule has 0 spiro atoms. The summed E-state index contributed by atoms with van der Waals surface area (Å²) >= 11 is 6.41.